The van der Waals surface area contributed by atoms with Gasteiger partial charge in [-0.25, -0.2) is 15.0 Å². The van der Waals surface area contributed by atoms with Gasteiger partial charge in [-0.1, -0.05) is 11.8 Å². The van der Waals surface area contributed by atoms with Crippen molar-refractivity contribution in [2.75, 3.05) is 19.5 Å². The van der Waals surface area contributed by atoms with Crippen LogP contribution in [0, 0.1) is 13.8 Å². The quantitative estimate of drug-likeness (QED) is 0.236. The number of aromatic nitrogens is 4. The van der Waals surface area contributed by atoms with E-state index in [9.17, 15) is 5.11 Å². The van der Waals surface area contributed by atoms with Crippen LogP contribution >= 0.6 is 11.8 Å². The number of thioether (sulfide) groups is 1. The summed E-state index contributed by atoms with van der Waals surface area (Å²) in [4.78, 5) is 12.4. The van der Waals surface area contributed by atoms with E-state index in [4.69, 9.17) is 9.26 Å². The van der Waals surface area contributed by atoms with E-state index in [1.165, 1.54) is 16.4 Å². The molecule has 2 aromatic heterocycles. The molecule has 0 aliphatic rings. The lowest BCUT2D eigenvalue weighted by molar-refractivity contribution is -0.763. The molecule has 0 aromatic carbocycles. The molecule has 0 fully saturated rings. The molecule has 0 radical (unpaired) electrons. The molecule has 8 nitrogen and oxygen atoms in total. The fraction of sp³-hybridized carbons (Fsp3) is 0.462. The molecule has 9 heteroatoms. The van der Waals surface area contributed by atoms with Crippen LogP contribution in [0.3, 0.4) is 0 Å². The monoisotopic (exact) mass is 323 g/mol. The highest BCUT2D eigenvalue weighted by Crippen LogP contribution is 2.14. The van der Waals surface area contributed by atoms with Gasteiger partial charge in [0, 0.05) is 24.3 Å². The molecule has 118 valence electrons. The third-order valence-corrected chi connectivity index (χ3v) is 3.38. The van der Waals surface area contributed by atoms with Crippen LogP contribution in [0.5, 0.6) is 0 Å². The maximum Gasteiger partial charge on any atom is 0.320 e. The van der Waals surface area contributed by atoms with Gasteiger partial charge in [0.25, 0.3) is 6.20 Å². The summed E-state index contributed by atoms with van der Waals surface area (Å²) >= 11 is 1.24. The van der Waals surface area contributed by atoms with E-state index in [0.717, 1.165) is 11.4 Å². The maximum atomic E-state index is 11.8. The Balaban J connectivity index is 1.93. The molecule has 0 aliphatic carbocycles. The van der Waals surface area contributed by atoms with Crippen LogP contribution in [-0.2, 0) is 11.3 Å². The summed E-state index contributed by atoms with van der Waals surface area (Å²) in [5.74, 6) is -0.0207. The fourth-order valence-electron chi connectivity index (χ4n) is 1.65. The summed E-state index contributed by atoms with van der Waals surface area (Å²) in [6.07, 6.45) is 1.55. The van der Waals surface area contributed by atoms with Crippen molar-refractivity contribution in [1.82, 2.24) is 15.2 Å². The van der Waals surface area contributed by atoms with Gasteiger partial charge >= 0.3 is 5.88 Å². The van der Waals surface area contributed by atoms with Gasteiger partial charge in [0.15, 0.2) is 5.16 Å². The largest absolute Gasteiger partial charge is 0.861 e. The Kier molecular flexibility index (Phi) is 5.84. The third-order valence-electron chi connectivity index (χ3n) is 2.54. The molecule has 0 bridgehead atoms. The van der Waals surface area contributed by atoms with Crippen LogP contribution in [0.25, 0.3) is 0 Å². The zero-order valence-corrected chi connectivity index (χ0v) is 13.5. The summed E-state index contributed by atoms with van der Waals surface area (Å²) in [6.45, 7) is 4.82. The van der Waals surface area contributed by atoms with Crippen molar-refractivity contribution in [3.8, 4) is 0 Å². The van der Waals surface area contributed by atoms with Crippen LogP contribution in [0.4, 0.5) is 5.88 Å². The van der Waals surface area contributed by atoms with Crippen LogP contribution in [0.1, 0.15) is 11.4 Å². The second kappa shape index (κ2) is 7.85. The second-order valence-corrected chi connectivity index (χ2v) is 5.47. The van der Waals surface area contributed by atoms with E-state index in [1.54, 1.807) is 13.3 Å². The van der Waals surface area contributed by atoms with Gasteiger partial charge in [-0.15, -0.1) is 0 Å². The van der Waals surface area contributed by atoms with E-state index in [2.05, 4.69) is 20.2 Å². The van der Waals surface area contributed by atoms with Gasteiger partial charge in [-0.3, -0.25) is 4.52 Å². The zero-order valence-electron chi connectivity index (χ0n) is 12.6. The van der Waals surface area contributed by atoms with Gasteiger partial charge in [0.1, 0.15) is 6.61 Å². The molecule has 2 rings (SSSR count). The molecule has 22 heavy (non-hydrogen) atoms. The van der Waals surface area contributed by atoms with E-state index < -0.39 is 0 Å². The predicted octanol–water partition coefficient (Wildman–Crippen LogP) is 0.198. The molecule has 0 atom stereocenters. The molecular formula is C13H17N5O3S. The molecule has 2 heterocycles. The van der Waals surface area contributed by atoms with Crippen LogP contribution < -0.4 is 9.79 Å². The second-order valence-electron chi connectivity index (χ2n) is 4.52. The van der Waals surface area contributed by atoms with Crippen molar-refractivity contribution >= 4 is 23.5 Å². The van der Waals surface area contributed by atoms with Crippen LogP contribution in [0.15, 0.2) is 26.9 Å². The lowest BCUT2D eigenvalue weighted by atomic mass is 10.4. The highest BCUT2D eigenvalue weighted by Gasteiger charge is 2.09. The first-order valence-electron chi connectivity index (χ1n) is 6.62. The SMILES string of the molecule is COCC[n+]1cc(/N=C(\[O-])CSc2nc(C)cc(C)n2)on1. The van der Waals surface area contributed by atoms with Crippen molar-refractivity contribution in [2.45, 2.75) is 25.5 Å². The van der Waals surface area contributed by atoms with Crippen molar-refractivity contribution in [3.63, 3.8) is 0 Å². The van der Waals surface area contributed by atoms with Gasteiger partial charge in [0.2, 0.25) is 11.8 Å². The van der Waals surface area contributed by atoms with E-state index in [-0.39, 0.29) is 17.5 Å². The van der Waals surface area contributed by atoms with Gasteiger partial charge in [0.05, 0.1) is 0 Å². The number of hydrogen-bond donors (Lipinski definition) is 0. The van der Waals surface area contributed by atoms with Crippen molar-refractivity contribution in [2.24, 2.45) is 4.99 Å². The van der Waals surface area contributed by atoms with E-state index in [1.807, 2.05) is 19.9 Å². The maximum absolute atomic E-state index is 11.8. The van der Waals surface area contributed by atoms with Crippen LogP contribution in [-0.4, -0.2) is 40.6 Å². The highest BCUT2D eigenvalue weighted by molar-refractivity contribution is 7.99. The Hall–Kier alpha value is -2.00. The number of nitrogens with zero attached hydrogens (tertiary/aromatic N) is 5. The first kappa shape index (κ1) is 16.4. The molecule has 0 spiro atoms. The number of ether oxygens (including phenoxy) is 1. The molecule has 2 aromatic rings. The number of hydrogen-bond acceptors (Lipinski definition) is 8. The van der Waals surface area contributed by atoms with Crippen LogP contribution in [0.2, 0.25) is 0 Å². The fourth-order valence-corrected chi connectivity index (χ4v) is 2.38. The highest BCUT2D eigenvalue weighted by atomic mass is 32.2. The summed E-state index contributed by atoms with van der Waals surface area (Å²) in [5, 5.41) is 16.1. The normalized spacial score (nSPS) is 11.9. The first-order chi connectivity index (χ1) is 10.6. The zero-order chi connectivity index (χ0) is 15.9. The third kappa shape index (κ3) is 5.08. The molecule has 0 unspecified atom stereocenters. The minimum atomic E-state index is -0.331. The van der Waals surface area contributed by atoms with Gasteiger partial charge in [-0.2, -0.15) is 0 Å². The smallest absolute Gasteiger partial charge is 0.320 e. The Morgan fingerprint density at radius 3 is 2.82 bits per heavy atom. The first-order valence-corrected chi connectivity index (χ1v) is 7.60. The predicted molar refractivity (Wildman–Crippen MR) is 77.9 cm³/mol. The number of aryl methyl sites for hydroxylation is 2. The molecule has 0 saturated heterocycles. The Morgan fingerprint density at radius 1 is 1.41 bits per heavy atom. The summed E-state index contributed by atoms with van der Waals surface area (Å²) < 4.78 is 11.4. The molecule has 0 N–H and O–H groups in total. The van der Waals surface area contributed by atoms with Crippen molar-refractivity contribution in [3.05, 3.63) is 23.7 Å². The van der Waals surface area contributed by atoms with Crippen molar-refractivity contribution < 1.29 is 19.0 Å². The average Bonchev–Trinajstić information content (AvgIpc) is 2.89. The minimum Gasteiger partial charge on any atom is -0.861 e. The number of methoxy groups -OCH3 is 1. The Bertz CT molecular complexity index is 639. The minimum absolute atomic E-state index is 0.141. The van der Waals surface area contributed by atoms with Crippen molar-refractivity contribution in [1.29, 1.82) is 0 Å². The molecular weight excluding hydrogens is 306 g/mol. The average molecular weight is 323 g/mol. The summed E-state index contributed by atoms with van der Waals surface area (Å²) in [5.41, 5.74) is 1.74. The Morgan fingerprint density at radius 2 is 2.14 bits per heavy atom. The lowest BCUT2D eigenvalue weighted by Gasteiger charge is -2.08. The molecule has 0 aliphatic heterocycles. The molecule has 0 saturated carbocycles. The molecule has 0 amide bonds. The number of rotatable bonds is 7. The summed E-state index contributed by atoms with van der Waals surface area (Å²) in [6, 6.07) is 1.88. The van der Waals surface area contributed by atoms with E-state index >= 15 is 0 Å². The number of aliphatic imine (C=N–C) groups is 1. The van der Waals surface area contributed by atoms with Gasteiger partial charge in [-0.05, 0) is 30.5 Å². The van der Waals surface area contributed by atoms with Gasteiger partial charge < -0.3 is 9.84 Å². The topological polar surface area (TPSA) is 100 Å². The standard InChI is InChI=1S/C13H17N5O3S/c1-9-6-10(2)15-13(14-9)22-8-11(19)16-12-7-18(17-21-12)4-5-20-3/h6-7H,4-5,8H2,1-3H3. The van der Waals surface area contributed by atoms with E-state index in [0.29, 0.717) is 18.3 Å². The Labute approximate surface area is 132 Å². The summed E-state index contributed by atoms with van der Waals surface area (Å²) in [7, 11) is 1.60. The lowest BCUT2D eigenvalue weighted by Crippen LogP contribution is -2.36.